The molecule has 0 saturated heterocycles. The van der Waals surface area contributed by atoms with E-state index in [2.05, 4.69) is 36.5 Å². The molecule has 0 radical (unpaired) electrons. The molecule has 1 aliphatic carbocycles. The Morgan fingerprint density at radius 3 is 3.00 bits per heavy atom. The van der Waals surface area contributed by atoms with Crippen LogP contribution in [0.4, 0.5) is 0 Å². The number of rotatable bonds is 6. The molecule has 1 N–H and O–H groups in total. The number of benzene rings is 1. The molecule has 2 heteroatoms. The Morgan fingerprint density at radius 2 is 2.19 bits per heavy atom. The van der Waals surface area contributed by atoms with Gasteiger partial charge in [0.1, 0.15) is 5.75 Å². The summed E-state index contributed by atoms with van der Waals surface area (Å²) in [6, 6.07) is 7.23. The molecule has 0 saturated carbocycles. The third-order valence-electron chi connectivity index (χ3n) is 4.61. The lowest BCUT2D eigenvalue weighted by molar-refractivity contribution is 0.356. The maximum Gasteiger partial charge on any atom is 0.122 e. The number of allylic oxidation sites excluding steroid dienone is 1. The van der Waals surface area contributed by atoms with Gasteiger partial charge < -0.3 is 10.1 Å². The molecule has 2 nitrogen and oxygen atoms in total. The van der Waals surface area contributed by atoms with E-state index in [-0.39, 0.29) is 0 Å². The average Bonchev–Trinajstić information content (AvgIpc) is 3.00. The first-order chi connectivity index (χ1) is 10.4. The van der Waals surface area contributed by atoms with Crippen molar-refractivity contribution in [2.45, 2.75) is 57.9 Å². The summed E-state index contributed by atoms with van der Waals surface area (Å²) >= 11 is 0. The number of nitrogens with one attached hydrogen (secondary N) is 1. The molecule has 0 amide bonds. The van der Waals surface area contributed by atoms with E-state index in [9.17, 15) is 0 Å². The Bertz CT molecular complexity index is 506. The minimum absolute atomic E-state index is 0.459. The minimum atomic E-state index is 0.459. The molecule has 1 atom stereocenters. The van der Waals surface area contributed by atoms with Gasteiger partial charge in [0.05, 0.1) is 6.61 Å². The normalized spacial score (nSPS) is 18.8. The van der Waals surface area contributed by atoms with Crippen molar-refractivity contribution in [3.8, 4) is 5.75 Å². The molecule has 1 unspecified atom stereocenters. The fraction of sp³-hybridized carbons (Fsp3) is 0.579. The quantitative estimate of drug-likeness (QED) is 0.774. The highest BCUT2D eigenvalue weighted by Crippen LogP contribution is 2.32. The predicted molar refractivity (Wildman–Crippen MR) is 87.8 cm³/mol. The summed E-state index contributed by atoms with van der Waals surface area (Å²) in [4.78, 5) is 0. The lowest BCUT2D eigenvalue weighted by atomic mass is 9.91. The van der Waals surface area contributed by atoms with Crippen LogP contribution in [0.3, 0.4) is 0 Å². The molecule has 1 heterocycles. The lowest BCUT2D eigenvalue weighted by Crippen LogP contribution is -2.23. The molecule has 0 aromatic heterocycles. The Morgan fingerprint density at radius 1 is 1.24 bits per heavy atom. The average molecular weight is 285 g/mol. The number of hydrogen-bond donors (Lipinski definition) is 1. The van der Waals surface area contributed by atoms with Crippen molar-refractivity contribution in [2.24, 2.45) is 0 Å². The summed E-state index contributed by atoms with van der Waals surface area (Å²) in [6.45, 7) is 4.17. The first-order valence-corrected chi connectivity index (χ1v) is 8.53. The summed E-state index contributed by atoms with van der Waals surface area (Å²) in [5, 5.41) is 3.74. The number of fused-ring (bicyclic) bond motifs is 1. The van der Waals surface area contributed by atoms with Crippen LogP contribution < -0.4 is 10.1 Å². The van der Waals surface area contributed by atoms with Crippen LogP contribution in [0.15, 0.2) is 29.8 Å². The van der Waals surface area contributed by atoms with Crippen LogP contribution in [-0.2, 0) is 6.42 Å². The largest absolute Gasteiger partial charge is 0.493 e. The highest BCUT2D eigenvalue weighted by atomic mass is 16.5. The van der Waals surface area contributed by atoms with Crippen LogP contribution in [0.1, 0.15) is 62.6 Å². The zero-order valence-corrected chi connectivity index (χ0v) is 13.2. The Labute approximate surface area is 128 Å². The van der Waals surface area contributed by atoms with Crippen molar-refractivity contribution >= 4 is 0 Å². The van der Waals surface area contributed by atoms with Crippen molar-refractivity contribution in [1.82, 2.24) is 5.32 Å². The predicted octanol–water partition coefficient (Wildman–Crippen LogP) is 4.55. The third-order valence-corrected chi connectivity index (χ3v) is 4.61. The second-order valence-electron chi connectivity index (χ2n) is 6.28. The second kappa shape index (κ2) is 7.13. The van der Waals surface area contributed by atoms with Crippen molar-refractivity contribution in [3.05, 3.63) is 41.0 Å². The van der Waals surface area contributed by atoms with E-state index in [1.54, 1.807) is 5.57 Å². The maximum atomic E-state index is 5.63. The molecular formula is C19H27NO. The summed E-state index contributed by atoms with van der Waals surface area (Å²) in [7, 11) is 0. The maximum absolute atomic E-state index is 5.63. The molecule has 1 aromatic carbocycles. The number of ether oxygens (including phenoxy) is 1. The van der Waals surface area contributed by atoms with Crippen LogP contribution in [0.25, 0.3) is 0 Å². The summed E-state index contributed by atoms with van der Waals surface area (Å²) in [6.07, 6.45) is 11.2. The van der Waals surface area contributed by atoms with Gasteiger partial charge in [-0.2, -0.15) is 0 Å². The molecule has 1 aliphatic heterocycles. The van der Waals surface area contributed by atoms with Gasteiger partial charge in [0, 0.05) is 12.5 Å². The smallest absolute Gasteiger partial charge is 0.122 e. The first kappa shape index (κ1) is 14.6. The van der Waals surface area contributed by atoms with Gasteiger partial charge >= 0.3 is 0 Å². The van der Waals surface area contributed by atoms with Crippen molar-refractivity contribution in [2.75, 3.05) is 13.2 Å². The monoisotopic (exact) mass is 285 g/mol. The molecule has 0 fully saturated rings. The van der Waals surface area contributed by atoms with E-state index in [4.69, 9.17) is 4.74 Å². The molecule has 3 rings (SSSR count). The third kappa shape index (κ3) is 3.68. The van der Waals surface area contributed by atoms with Gasteiger partial charge in [-0.05, 0) is 62.3 Å². The Hall–Kier alpha value is -1.28. The Kier molecular flexibility index (Phi) is 4.97. The van der Waals surface area contributed by atoms with Gasteiger partial charge in [0.25, 0.3) is 0 Å². The molecule has 2 aliphatic rings. The minimum Gasteiger partial charge on any atom is -0.493 e. The van der Waals surface area contributed by atoms with Crippen LogP contribution in [-0.4, -0.2) is 13.2 Å². The molecule has 21 heavy (non-hydrogen) atoms. The van der Waals surface area contributed by atoms with Crippen LogP contribution in [0, 0.1) is 0 Å². The van der Waals surface area contributed by atoms with Crippen LogP contribution in [0.5, 0.6) is 5.75 Å². The van der Waals surface area contributed by atoms with Crippen molar-refractivity contribution < 1.29 is 4.74 Å². The van der Waals surface area contributed by atoms with Crippen LogP contribution in [0.2, 0.25) is 0 Å². The zero-order valence-electron chi connectivity index (χ0n) is 13.2. The molecule has 1 aromatic rings. The van der Waals surface area contributed by atoms with Gasteiger partial charge in [-0.15, -0.1) is 0 Å². The van der Waals surface area contributed by atoms with Gasteiger partial charge in [0.2, 0.25) is 0 Å². The molecule has 114 valence electrons. The topological polar surface area (TPSA) is 21.3 Å². The van der Waals surface area contributed by atoms with E-state index in [1.165, 1.54) is 49.7 Å². The lowest BCUT2D eigenvalue weighted by Gasteiger charge is -2.23. The van der Waals surface area contributed by atoms with Gasteiger partial charge in [-0.3, -0.25) is 0 Å². The second-order valence-corrected chi connectivity index (χ2v) is 6.28. The van der Waals surface area contributed by atoms with Gasteiger partial charge in [-0.25, -0.2) is 0 Å². The van der Waals surface area contributed by atoms with Crippen molar-refractivity contribution in [3.63, 3.8) is 0 Å². The highest BCUT2D eigenvalue weighted by Gasteiger charge is 2.18. The standard InChI is InChI=1S/C19H27NO/c1-2-11-20-18(13-15-6-4-3-5-7-15)16-8-9-19-17(14-16)10-12-21-19/h6,8-9,14,18,20H,2-5,7,10-13H2,1H3. The summed E-state index contributed by atoms with van der Waals surface area (Å²) in [5.41, 5.74) is 4.46. The van der Waals surface area contributed by atoms with E-state index in [0.29, 0.717) is 6.04 Å². The van der Waals surface area contributed by atoms with Crippen LogP contribution >= 0.6 is 0 Å². The first-order valence-electron chi connectivity index (χ1n) is 8.53. The zero-order chi connectivity index (χ0) is 14.5. The van der Waals surface area contributed by atoms with E-state index in [1.807, 2.05) is 0 Å². The summed E-state index contributed by atoms with van der Waals surface area (Å²) in [5.74, 6) is 1.09. The van der Waals surface area contributed by atoms with E-state index < -0.39 is 0 Å². The van der Waals surface area contributed by atoms with Crippen molar-refractivity contribution in [1.29, 1.82) is 0 Å². The Balaban J connectivity index is 1.76. The fourth-order valence-corrected chi connectivity index (χ4v) is 3.40. The SMILES string of the molecule is CCCNC(CC1=CCCCC1)c1ccc2c(c1)CCO2. The van der Waals surface area contributed by atoms with E-state index in [0.717, 1.165) is 25.3 Å². The van der Waals surface area contributed by atoms with Gasteiger partial charge in [0.15, 0.2) is 0 Å². The summed E-state index contributed by atoms with van der Waals surface area (Å²) < 4.78 is 5.63. The van der Waals surface area contributed by atoms with Gasteiger partial charge in [-0.1, -0.05) is 30.7 Å². The highest BCUT2D eigenvalue weighted by molar-refractivity contribution is 5.41. The molecular weight excluding hydrogens is 258 g/mol. The molecule has 0 bridgehead atoms. The van der Waals surface area contributed by atoms with E-state index >= 15 is 0 Å². The molecule has 0 spiro atoms. The fourth-order valence-electron chi connectivity index (χ4n) is 3.40. The number of hydrogen-bond acceptors (Lipinski definition) is 2.